The quantitative estimate of drug-likeness (QED) is 0.393. The molecule has 1 aromatic rings. The predicted molar refractivity (Wildman–Crippen MR) is 110 cm³/mol. The average molecular weight is 378 g/mol. The van der Waals surface area contributed by atoms with Crippen molar-refractivity contribution in [2.24, 2.45) is 4.99 Å². The first kappa shape index (κ1) is 21.4. The van der Waals surface area contributed by atoms with Gasteiger partial charge in [-0.3, -0.25) is 4.99 Å². The topological polar surface area (TPSA) is 64.1 Å². The van der Waals surface area contributed by atoms with E-state index in [4.69, 9.17) is 14.2 Å². The smallest absolute Gasteiger partial charge is 0.191 e. The van der Waals surface area contributed by atoms with E-state index in [2.05, 4.69) is 27.8 Å². The Kier molecular flexibility index (Phi) is 8.72. The van der Waals surface area contributed by atoms with E-state index in [1.807, 2.05) is 13.1 Å². The second kappa shape index (κ2) is 11.0. The summed E-state index contributed by atoms with van der Waals surface area (Å²) in [6.45, 7) is 2.45. The Morgan fingerprint density at radius 3 is 2.41 bits per heavy atom. The van der Waals surface area contributed by atoms with E-state index >= 15 is 0 Å². The fraction of sp³-hybridized carbons (Fsp3) is 0.667. The molecule has 1 aromatic carbocycles. The number of methoxy groups -OCH3 is 3. The normalized spacial score (nSPS) is 16.7. The SMILES string of the molecule is CN=C(NCCCOC)NCC1(c2ccc(OC)c(OC)c2)CCCCC1. The van der Waals surface area contributed by atoms with Crippen molar-refractivity contribution in [2.45, 2.75) is 43.9 Å². The third-order valence-corrected chi connectivity index (χ3v) is 5.44. The van der Waals surface area contributed by atoms with E-state index in [-0.39, 0.29) is 5.41 Å². The Morgan fingerprint density at radius 2 is 1.78 bits per heavy atom. The summed E-state index contributed by atoms with van der Waals surface area (Å²) in [6, 6.07) is 6.34. The van der Waals surface area contributed by atoms with Gasteiger partial charge in [-0.2, -0.15) is 0 Å². The highest BCUT2D eigenvalue weighted by Gasteiger charge is 2.34. The van der Waals surface area contributed by atoms with Gasteiger partial charge in [-0.05, 0) is 37.0 Å². The summed E-state index contributed by atoms with van der Waals surface area (Å²) in [4.78, 5) is 4.36. The van der Waals surface area contributed by atoms with Crippen LogP contribution in [0, 0.1) is 0 Å². The Balaban J connectivity index is 2.12. The maximum Gasteiger partial charge on any atom is 0.191 e. The molecule has 152 valence electrons. The summed E-state index contributed by atoms with van der Waals surface area (Å²) in [7, 11) is 6.91. The van der Waals surface area contributed by atoms with Crippen LogP contribution in [0.25, 0.3) is 0 Å². The second-order valence-electron chi connectivity index (χ2n) is 7.11. The fourth-order valence-corrected chi connectivity index (χ4v) is 3.86. The molecule has 6 heteroatoms. The molecule has 0 radical (unpaired) electrons. The predicted octanol–water partition coefficient (Wildman–Crippen LogP) is 3.11. The number of guanidine groups is 1. The minimum atomic E-state index is 0.0853. The van der Waals surface area contributed by atoms with Gasteiger partial charge in [0.05, 0.1) is 14.2 Å². The van der Waals surface area contributed by atoms with Crippen LogP contribution in [-0.2, 0) is 10.2 Å². The lowest BCUT2D eigenvalue weighted by Crippen LogP contribution is -2.46. The molecule has 0 aliphatic heterocycles. The van der Waals surface area contributed by atoms with E-state index < -0.39 is 0 Å². The van der Waals surface area contributed by atoms with E-state index in [9.17, 15) is 0 Å². The average Bonchev–Trinajstić information content (AvgIpc) is 2.73. The van der Waals surface area contributed by atoms with Crippen molar-refractivity contribution in [2.75, 3.05) is 48.1 Å². The number of rotatable bonds is 9. The van der Waals surface area contributed by atoms with Gasteiger partial charge in [0.15, 0.2) is 17.5 Å². The Labute approximate surface area is 163 Å². The van der Waals surface area contributed by atoms with Gasteiger partial charge >= 0.3 is 0 Å². The summed E-state index contributed by atoms with van der Waals surface area (Å²) in [5.74, 6) is 2.41. The molecule has 0 spiro atoms. The molecule has 2 N–H and O–H groups in total. The van der Waals surface area contributed by atoms with Crippen molar-refractivity contribution < 1.29 is 14.2 Å². The van der Waals surface area contributed by atoms with Crippen molar-refractivity contribution in [1.29, 1.82) is 0 Å². The first-order valence-electron chi connectivity index (χ1n) is 9.85. The Hall–Kier alpha value is -1.95. The lowest BCUT2D eigenvalue weighted by Gasteiger charge is -2.38. The highest BCUT2D eigenvalue weighted by atomic mass is 16.5. The van der Waals surface area contributed by atoms with E-state index in [0.29, 0.717) is 0 Å². The minimum absolute atomic E-state index is 0.0853. The fourth-order valence-electron chi connectivity index (χ4n) is 3.86. The van der Waals surface area contributed by atoms with Crippen molar-refractivity contribution in [3.05, 3.63) is 23.8 Å². The summed E-state index contributed by atoms with van der Waals surface area (Å²) in [5, 5.41) is 6.91. The van der Waals surface area contributed by atoms with Gasteiger partial charge < -0.3 is 24.8 Å². The zero-order valence-electron chi connectivity index (χ0n) is 17.3. The van der Waals surface area contributed by atoms with Gasteiger partial charge in [0.25, 0.3) is 0 Å². The van der Waals surface area contributed by atoms with Gasteiger partial charge in [0.1, 0.15) is 0 Å². The van der Waals surface area contributed by atoms with Crippen LogP contribution in [0.3, 0.4) is 0 Å². The second-order valence-corrected chi connectivity index (χ2v) is 7.11. The van der Waals surface area contributed by atoms with Crippen LogP contribution in [0.5, 0.6) is 11.5 Å². The lowest BCUT2D eigenvalue weighted by atomic mass is 9.69. The van der Waals surface area contributed by atoms with Crippen LogP contribution >= 0.6 is 0 Å². The molecule has 1 saturated carbocycles. The van der Waals surface area contributed by atoms with Crippen molar-refractivity contribution in [3.8, 4) is 11.5 Å². The maximum absolute atomic E-state index is 5.54. The molecule has 27 heavy (non-hydrogen) atoms. The number of hydrogen-bond donors (Lipinski definition) is 2. The number of nitrogens with zero attached hydrogens (tertiary/aromatic N) is 1. The number of hydrogen-bond acceptors (Lipinski definition) is 4. The first-order chi connectivity index (χ1) is 13.2. The van der Waals surface area contributed by atoms with Crippen molar-refractivity contribution in [1.82, 2.24) is 10.6 Å². The molecule has 0 saturated heterocycles. The van der Waals surface area contributed by atoms with Gasteiger partial charge in [-0.15, -0.1) is 0 Å². The molecule has 1 aliphatic rings. The third kappa shape index (κ3) is 5.76. The number of benzene rings is 1. The molecule has 0 amide bonds. The molecular formula is C21H35N3O3. The molecule has 1 fully saturated rings. The van der Waals surface area contributed by atoms with E-state index in [1.165, 1.54) is 24.8 Å². The molecule has 0 atom stereocenters. The zero-order chi connectivity index (χ0) is 19.5. The standard InChI is InChI=1S/C21H35N3O3/c1-22-20(23-13-8-14-25-2)24-16-21(11-6-5-7-12-21)17-9-10-18(26-3)19(15-17)27-4/h9-10,15H,5-8,11-14,16H2,1-4H3,(H2,22,23,24). The van der Waals surface area contributed by atoms with E-state index in [0.717, 1.165) is 56.4 Å². The van der Waals surface area contributed by atoms with Gasteiger partial charge in [-0.1, -0.05) is 25.3 Å². The van der Waals surface area contributed by atoms with Crippen LogP contribution < -0.4 is 20.1 Å². The molecule has 0 unspecified atom stereocenters. The Bertz CT molecular complexity index is 598. The molecule has 6 nitrogen and oxygen atoms in total. The first-order valence-corrected chi connectivity index (χ1v) is 9.85. The lowest BCUT2D eigenvalue weighted by molar-refractivity contribution is 0.195. The zero-order valence-corrected chi connectivity index (χ0v) is 17.3. The van der Waals surface area contributed by atoms with Crippen molar-refractivity contribution in [3.63, 3.8) is 0 Å². The van der Waals surface area contributed by atoms with Gasteiger partial charge in [-0.25, -0.2) is 0 Å². The van der Waals surface area contributed by atoms with Crippen LogP contribution in [0.1, 0.15) is 44.1 Å². The minimum Gasteiger partial charge on any atom is -0.493 e. The maximum atomic E-state index is 5.54. The Morgan fingerprint density at radius 1 is 1.04 bits per heavy atom. The summed E-state index contributed by atoms with van der Waals surface area (Å²) >= 11 is 0. The van der Waals surface area contributed by atoms with E-state index in [1.54, 1.807) is 21.3 Å². The molecule has 0 bridgehead atoms. The highest BCUT2D eigenvalue weighted by molar-refractivity contribution is 5.79. The van der Waals surface area contributed by atoms with Gasteiger partial charge in [0.2, 0.25) is 0 Å². The summed E-state index contributed by atoms with van der Waals surface area (Å²) < 4.78 is 16.1. The monoisotopic (exact) mass is 377 g/mol. The van der Waals surface area contributed by atoms with Crippen LogP contribution in [0.15, 0.2) is 23.2 Å². The largest absolute Gasteiger partial charge is 0.493 e. The highest BCUT2D eigenvalue weighted by Crippen LogP contribution is 2.42. The third-order valence-electron chi connectivity index (χ3n) is 5.44. The van der Waals surface area contributed by atoms with Crippen LogP contribution in [0.2, 0.25) is 0 Å². The molecular weight excluding hydrogens is 342 g/mol. The molecule has 2 rings (SSSR count). The summed E-state index contributed by atoms with van der Waals surface area (Å²) in [6.07, 6.45) is 7.08. The molecule has 1 aliphatic carbocycles. The molecule has 0 aromatic heterocycles. The van der Waals surface area contributed by atoms with Crippen LogP contribution in [0.4, 0.5) is 0 Å². The number of nitrogens with one attached hydrogen (secondary N) is 2. The number of aliphatic imine (C=N–C) groups is 1. The summed E-state index contributed by atoms with van der Waals surface area (Å²) in [5.41, 5.74) is 1.39. The van der Waals surface area contributed by atoms with Gasteiger partial charge in [0, 0.05) is 39.3 Å². The number of ether oxygens (including phenoxy) is 3. The van der Waals surface area contributed by atoms with Crippen LogP contribution in [-0.4, -0.2) is 54.0 Å². The molecule has 0 heterocycles. The van der Waals surface area contributed by atoms with Crippen molar-refractivity contribution >= 4 is 5.96 Å².